The molecule has 0 fully saturated rings. The summed E-state index contributed by atoms with van der Waals surface area (Å²) in [4.78, 5) is 44.7. The van der Waals surface area contributed by atoms with Gasteiger partial charge in [-0.05, 0) is 13.3 Å². The third kappa shape index (κ3) is 7.51. The number of thiol groups is 1. The summed E-state index contributed by atoms with van der Waals surface area (Å²) in [6.07, 6.45) is -0.00399. The maximum absolute atomic E-state index is 11.8. The minimum Gasteiger partial charge on any atom is -0.480 e. The maximum atomic E-state index is 11.8. The first-order valence-electron chi connectivity index (χ1n) is 6.17. The summed E-state index contributed by atoms with van der Waals surface area (Å²) in [6.45, 7) is 1.29. The van der Waals surface area contributed by atoms with Crippen molar-refractivity contribution in [1.29, 1.82) is 0 Å². The van der Waals surface area contributed by atoms with Crippen molar-refractivity contribution >= 4 is 36.3 Å². The first kappa shape index (κ1) is 19.2. The number of hydrogen-bond donors (Lipinski definition) is 6. The van der Waals surface area contributed by atoms with E-state index < -0.39 is 41.8 Å². The van der Waals surface area contributed by atoms with Crippen LogP contribution in [0.15, 0.2) is 0 Å². The number of carboxylic acids is 1. The molecule has 7 N–H and O–H groups in total. The zero-order chi connectivity index (χ0) is 16.6. The summed E-state index contributed by atoms with van der Waals surface area (Å²) in [5, 5.41) is 13.2. The van der Waals surface area contributed by atoms with Crippen LogP contribution < -0.4 is 22.1 Å². The van der Waals surface area contributed by atoms with E-state index in [0.717, 1.165) is 0 Å². The number of aliphatic carboxylic acids is 1. The Morgan fingerprint density at radius 3 is 2.19 bits per heavy atom. The van der Waals surface area contributed by atoms with E-state index in [-0.39, 0.29) is 18.6 Å². The Balaban J connectivity index is 4.47. The third-order valence-corrected chi connectivity index (χ3v) is 2.95. The smallest absolute Gasteiger partial charge is 0.325 e. The van der Waals surface area contributed by atoms with Gasteiger partial charge >= 0.3 is 5.97 Å². The zero-order valence-electron chi connectivity index (χ0n) is 11.5. The van der Waals surface area contributed by atoms with Crippen LogP contribution in [0, 0.1) is 0 Å². The van der Waals surface area contributed by atoms with Crippen LogP contribution in [0.5, 0.6) is 0 Å². The van der Waals surface area contributed by atoms with Crippen LogP contribution >= 0.6 is 12.6 Å². The molecule has 0 aromatic carbocycles. The molecule has 3 amide bonds. The number of nitrogens with two attached hydrogens (primary N) is 2. The van der Waals surface area contributed by atoms with E-state index in [4.69, 9.17) is 16.6 Å². The van der Waals surface area contributed by atoms with Crippen LogP contribution in [0.3, 0.4) is 0 Å². The van der Waals surface area contributed by atoms with Gasteiger partial charge in [-0.15, -0.1) is 0 Å². The SMILES string of the molecule is CC(NC(=O)C(CS)NC(=O)C(N)CCC(N)=O)C(=O)O. The van der Waals surface area contributed by atoms with Gasteiger partial charge in [0.15, 0.2) is 0 Å². The molecule has 10 heteroatoms. The fraction of sp³-hybridized carbons (Fsp3) is 0.636. The second-order valence-corrected chi connectivity index (χ2v) is 4.79. The van der Waals surface area contributed by atoms with Gasteiger partial charge in [0.2, 0.25) is 17.7 Å². The van der Waals surface area contributed by atoms with E-state index in [0.29, 0.717) is 0 Å². The predicted molar refractivity (Wildman–Crippen MR) is 77.4 cm³/mol. The summed E-state index contributed by atoms with van der Waals surface area (Å²) in [6, 6.07) is -3.12. The standard InChI is InChI=1S/C11H20N4O5S/c1-5(11(19)20)14-10(18)7(4-21)15-9(17)6(12)2-3-8(13)16/h5-7,21H,2-4,12H2,1H3,(H2,13,16)(H,14,18)(H,15,17)(H,19,20). The fourth-order valence-corrected chi connectivity index (χ4v) is 1.53. The molecule has 0 aliphatic rings. The molecule has 0 bridgehead atoms. The van der Waals surface area contributed by atoms with Crippen LogP contribution in [-0.2, 0) is 19.2 Å². The third-order valence-electron chi connectivity index (χ3n) is 2.58. The minimum absolute atomic E-state index is 0.0353. The van der Waals surface area contributed by atoms with Gasteiger partial charge in [0.05, 0.1) is 6.04 Å². The van der Waals surface area contributed by atoms with Crippen molar-refractivity contribution in [3.63, 3.8) is 0 Å². The van der Waals surface area contributed by atoms with Crippen LogP contribution in [-0.4, -0.2) is 52.7 Å². The Morgan fingerprint density at radius 1 is 1.19 bits per heavy atom. The highest BCUT2D eigenvalue weighted by Crippen LogP contribution is 1.97. The highest BCUT2D eigenvalue weighted by molar-refractivity contribution is 7.80. The first-order chi connectivity index (χ1) is 9.68. The summed E-state index contributed by atoms with van der Waals surface area (Å²) in [5.74, 6) is -3.15. The van der Waals surface area contributed by atoms with Crippen molar-refractivity contribution in [2.75, 3.05) is 5.75 Å². The number of carboxylic acid groups (broad SMARTS) is 1. The number of carbonyl (C=O) groups excluding carboxylic acids is 3. The largest absolute Gasteiger partial charge is 0.480 e. The normalized spacial score (nSPS) is 14.6. The minimum atomic E-state index is -1.20. The molecule has 0 saturated heterocycles. The van der Waals surface area contributed by atoms with Crippen molar-refractivity contribution < 1.29 is 24.3 Å². The quantitative estimate of drug-likeness (QED) is 0.259. The van der Waals surface area contributed by atoms with E-state index >= 15 is 0 Å². The number of primary amides is 1. The van der Waals surface area contributed by atoms with Gasteiger partial charge in [0, 0.05) is 12.2 Å². The Morgan fingerprint density at radius 2 is 1.76 bits per heavy atom. The first-order valence-corrected chi connectivity index (χ1v) is 6.80. The fourth-order valence-electron chi connectivity index (χ4n) is 1.28. The van der Waals surface area contributed by atoms with Crippen molar-refractivity contribution in [1.82, 2.24) is 10.6 Å². The molecule has 3 unspecified atom stereocenters. The van der Waals surface area contributed by atoms with E-state index in [1.807, 2.05) is 0 Å². The molecule has 0 aliphatic heterocycles. The molecule has 0 aromatic rings. The molecule has 0 rings (SSSR count). The van der Waals surface area contributed by atoms with E-state index in [1.165, 1.54) is 6.92 Å². The van der Waals surface area contributed by atoms with Crippen LogP contribution in [0.25, 0.3) is 0 Å². The maximum Gasteiger partial charge on any atom is 0.325 e. The Hall–Kier alpha value is -1.81. The summed E-state index contributed by atoms with van der Waals surface area (Å²) >= 11 is 3.92. The van der Waals surface area contributed by atoms with Crippen molar-refractivity contribution in [2.45, 2.75) is 37.9 Å². The lowest BCUT2D eigenvalue weighted by Gasteiger charge is -2.20. The molecule has 21 heavy (non-hydrogen) atoms. The Kier molecular flexibility index (Phi) is 8.39. The molecule has 0 heterocycles. The molecule has 120 valence electrons. The zero-order valence-corrected chi connectivity index (χ0v) is 12.4. The molecule has 0 radical (unpaired) electrons. The molecule has 9 nitrogen and oxygen atoms in total. The number of carbonyl (C=O) groups is 4. The average molecular weight is 320 g/mol. The number of amides is 3. The molecule has 0 aliphatic carbocycles. The summed E-state index contributed by atoms with van der Waals surface area (Å²) < 4.78 is 0. The van der Waals surface area contributed by atoms with Crippen molar-refractivity contribution in [3.05, 3.63) is 0 Å². The molecular weight excluding hydrogens is 300 g/mol. The van der Waals surface area contributed by atoms with Gasteiger partial charge in [-0.1, -0.05) is 0 Å². The van der Waals surface area contributed by atoms with Gasteiger partial charge in [-0.2, -0.15) is 12.6 Å². The Bertz CT molecular complexity index is 417. The highest BCUT2D eigenvalue weighted by Gasteiger charge is 2.25. The van der Waals surface area contributed by atoms with Gasteiger partial charge in [-0.25, -0.2) is 0 Å². The summed E-state index contributed by atoms with van der Waals surface area (Å²) in [5.41, 5.74) is 10.5. The monoisotopic (exact) mass is 320 g/mol. The van der Waals surface area contributed by atoms with Crippen molar-refractivity contribution in [3.8, 4) is 0 Å². The molecule has 0 spiro atoms. The average Bonchev–Trinajstić information content (AvgIpc) is 2.41. The van der Waals surface area contributed by atoms with E-state index in [2.05, 4.69) is 23.3 Å². The topological polar surface area (TPSA) is 165 Å². The van der Waals surface area contributed by atoms with E-state index in [1.54, 1.807) is 0 Å². The molecule has 0 aromatic heterocycles. The number of rotatable bonds is 9. The predicted octanol–water partition coefficient (Wildman–Crippen LogP) is -2.42. The van der Waals surface area contributed by atoms with Crippen LogP contribution in [0.1, 0.15) is 19.8 Å². The highest BCUT2D eigenvalue weighted by atomic mass is 32.1. The lowest BCUT2D eigenvalue weighted by molar-refractivity contribution is -0.141. The summed E-state index contributed by atoms with van der Waals surface area (Å²) in [7, 11) is 0. The molecular formula is C11H20N4O5S. The molecule has 3 atom stereocenters. The second-order valence-electron chi connectivity index (χ2n) is 4.42. The molecule has 0 saturated carbocycles. The van der Waals surface area contributed by atoms with Gasteiger partial charge in [0.1, 0.15) is 12.1 Å². The van der Waals surface area contributed by atoms with Crippen molar-refractivity contribution in [2.24, 2.45) is 11.5 Å². The van der Waals surface area contributed by atoms with Crippen LogP contribution in [0.2, 0.25) is 0 Å². The number of hydrogen-bond acceptors (Lipinski definition) is 6. The lowest BCUT2D eigenvalue weighted by atomic mass is 10.1. The van der Waals surface area contributed by atoms with E-state index in [9.17, 15) is 19.2 Å². The Labute approximate surface area is 127 Å². The van der Waals surface area contributed by atoms with Gasteiger partial charge < -0.3 is 27.2 Å². The van der Waals surface area contributed by atoms with Gasteiger partial charge in [0.25, 0.3) is 0 Å². The van der Waals surface area contributed by atoms with Crippen LogP contribution in [0.4, 0.5) is 0 Å². The lowest BCUT2D eigenvalue weighted by Crippen LogP contribution is -2.54. The van der Waals surface area contributed by atoms with Gasteiger partial charge in [-0.3, -0.25) is 19.2 Å². The number of nitrogens with one attached hydrogen (secondary N) is 2. The second kappa shape index (κ2) is 9.19.